The summed E-state index contributed by atoms with van der Waals surface area (Å²) in [6.45, 7) is 5.60. The molecule has 3 N–H and O–H groups in total. The first-order chi connectivity index (χ1) is 9.88. The number of methoxy groups -OCH3 is 1. The molecule has 1 aromatic carbocycles. The van der Waals surface area contributed by atoms with Crippen LogP contribution in [0.15, 0.2) is 18.2 Å². The Hall–Kier alpha value is -2.24. The predicted octanol–water partition coefficient (Wildman–Crippen LogP) is 2.27. The lowest BCUT2D eigenvalue weighted by Crippen LogP contribution is -2.47. The summed E-state index contributed by atoms with van der Waals surface area (Å²) in [7, 11) is 1.24. The zero-order chi connectivity index (χ0) is 16.0. The van der Waals surface area contributed by atoms with Crippen molar-refractivity contribution in [2.75, 3.05) is 12.4 Å². The average Bonchev–Trinajstić information content (AvgIpc) is 2.46. The number of nitrogens with one attached hydrogen (secondary N) is 2. The number of phenolic OH excluding ortho intramolecular Hbond substituents is 1. The number of benzene rings is 1. The summed E-state index contributed by atoms with van der Waals surface area (Å²) >= 11 is 0. The first kappa shape index (κ1) is 16.8. The summed E-state index contributed by atoms with van der Waals surface area (Å²) in [6.07, 6.45) is 0.118. The zero-order valence-electron chi connectivity index (χ0n) is 12.8. The molecular weight excluding hydrogens is 272 g/mol. The molecule has 0 aliphatic heterocycles. The molecule has 0 saturated carbocycles. The second-order valence-corrected chi connectivity index (χ2v) is 5.05. The van der Waals surface area contributed by atoms with Gasteiger partial charge in [-0.1, -0.05) is 26.8 Å². The van der Waals surface area contributed by atoms with Crippen molar-refractivity contribution < 1.29 is 19.4 Å². The Balaban J connectivity index is 2.88. The fourth-order valence-electron chi connectivity index (χ4n) is 1.83. The van der Waals surface area contributed by atoms with Gasteiger partial charge >= 0.3 is 6.09 Å². The number of aromatic hydroxyl groups is 1. The summed E-state index contributed by atoms with van der Waals surface area (Å²) in [5, 5.41) is 14.9. The highest BCUT2D eigenvalue weighted by Gasteiger charge is 2.25. The molecular formula is C15H22N2O4. The number of aryl methyl sites for hydroxylation is 1. The van der Waals surface area contributed by atoms with Crippen LogP contribution in [0.5, 0.6) is 5.75 Å². The van der Waals surface area contributed by atoms with E-state index in [0.29, 0.717) is 5.69 Å². The first-order valence-electron chi connectivity index (χ1n) is 6.86. The Bertz CT molecular complexity index is 514. The maximum absolute atomic E-state index is 12.3. The number of rotatable bonds is 5. The zero-order valence-corrected chi connectivity index (χ0v) is 12.8. The fourth-order valence-corrected chi connectivity index (χ4v) is 1.83. The van der Waals surface area contributed by atoms with Gasteiger partial charge in [0.15, 0.2) is 0 Å². The molecule has 6 nitrogen and oxygen atoms in total. The van der Waals surface area contributed by atoms with E-state index in [1.807, 2.05) is 20.8 Å². The number of hydrogen-bond donors (Lipinski definition) is 3. The van der Waals surface area contributed by atoms with Crippen LogP contribution in [0.2, 0.25) is 0 Å². The van der Waals surface area contributed by atoms with Gasteiger partial charge < -0.3 is 20.5 Å². The van der Waals surface area contributed by atoms with Crippen molar-refractivity contribution in [2.45, 2.75) is 33.2 Å². The molecule has 0 aromatic heterocycles. The topological polar surface area (TPSA) is 87.7 Å². The maximum atomic E-state index is 12.3. The van der Waals surface area contributed by atoms with Crippen molar-refractivity contribution in [3.63, 3.8) is 0 Å². The highest BCUT2D eigenvalue weighted by molar-refractivity contribution is 5.97. The lowest BCUT2D eigenvalue weighted by molar-refractivity contribution is -0.119. The van der Waals surface area contributed by atoms with Gasteiger partial charge in [-0.15, -0.1) is 0 Å². The third kappa shape index (κ3) is 4.66. The third-order valence-electron chi connectivity index (χ3n) is 3.13. The lowest BCUT2D eigenvalue weighted by Gasteiger charge is -2.21. The van der Waals surface area contributed by atoms with Gasteiger partial charge in [-0.25, -0.2) is 4.79 Å². The number of carbonyl (C=O) groups excluding carboxylic acids is 2. The summed E-state index contributed by atoms with van der Waals surface area (Å²) in [4.78, 5) is 23.6. The van der Waals surface area contributed by atoms with Crippen molar-refractivity contribution >= 4 is 17.7 Å². The second-order valence-electron chi connectivity index (χ2n) is 5.05. The van der Waals surface area contributed by atoms with Crippen molar-refractivity contribution in [1.82, 2.24) is 5.32 Å². The molecule has 6 heteroatoms. The smallest absolute Gasteiger partial charge is 0.407 e. The molecule has 0 saturated heterocycles. The second kappa shape index (κ2) is 7.52. The molecule has 0 bridgehead atoms. The molecule has 0 aliphatic rings. The SMILES string of the molecule is CCc1ccc(O)c(NC(=O)[C@@H](NC(=O)OC)C(C)C)c1. The van der Waals surface area contributed by atoms with Crippen LogP contribution in [0.3, 0.4) is 0 Å². The van der Waals surface area contributed by atoms with Crippen molar-refractivity contribution in [3.8, 4) is 5.75 Å². The number of anilines is 1. The molecule has 0 radical (unpaired) electrons. The number of carbonyl (C=O) groups is 2. The molecule has 1 atom stereocenters. The molecule has 0 heterocycles. The highest BCUT2D eigenvalue weighted by Crippen LogP contribution is 2.25. The van der Waals surface area contributed by atoms with Gasteiger partial charge in [-0.05, 0) is 30.0 Å². The molecule has 1 aromatic rings. The molecule has 0 aliphatic carbocycles. The summed E-state index contributed by atoms with van der Waals surface area (Å²) in [6, 6.07) is 4.29. The van der Waals surface area contributed by atoms with E-state index in [4.69, 9.17) is 0 Å². The first-order valence-corrected chi connectivity index (χ1v) is 6.86. The molecule has 21 heavy (non-hydrogen) atoms. The van der Waals surface area contributed by atoms with E-state index >= 15 is 0 Å². The van der Waals surface area contributed by atoms with Crippen molar-refractivity contribution in [3.05, 3.63) is 23.8 Å². The normalized spacial score (nSPS) is 11.9. The molecule has 0 spiro atoms. The van der Waals surface area contributed by atoms with Gasteiger partial charge in [-0.3, -0.25) is 4.79 Å². The van der Waals surface area contributed by atoms with Gasteiger partial charge in [-0.2, -0.15) is 0 Å². The highest BCUT2D eigenvalue weighted by atomic mass is 16.5. The number of alkyl carbamates (subject to hydrolysis) is 1. The number of amides is 2. The van der Waals surface area contributed by atoms with Gasteiger partial charge in [0.1, 0.15) is 11.8 Å². The molecule has 2 amide bonds. The van der Waals surface area contributed by atoms with Gasteiger partial charge in [0.2, 0.25) is 5.91 Å². The van der Waals surface area contributed by atoms with Crippen LogP contribution >= 0.6 is 0 Å². The number of hydrogen-bond acceptors (Lipinski definition) is 4. The number of phenols is 1. The van der Waals surface area contributed by atoms with E-state index in [2.05, 4.69) is 15.4 Å². The quantitative estimate of drug-likeness (QED) is 0.727. The van der Waals surface area contributed by atoms with Gasteiger partial charge in [0.25, 0.3) is 0 Å². The van der Waals surface area contributed by atoms with E-state index in [1.54, 1.807) is 12.1 Å². The summed E-state index contributed by atoms with van der Waals surface area (Å²) < 4.78 is 4.51. The van der Waals surface area contributed by atoms with Crippen LogP contribution in [-0.4, -0.2) is 30.3 Å². The monoisotopic (exact) mass is 294 g/mol. The minimum atomic E-state index is -0.748. The van der Waals surface area contributed by atoms with E-state index in [1.165, 1.54) is 13.2 Å². The number of ether oxygens (including phenoxy) is 1. The van der Waals surface area contributed by atoms with Crippen molar-refractivity contribution in [1.29, 1.82) is 0 Å². The Morgan fingerprint density at radius 3 is 2.52 bits per heavy atom. The maximum Gasteiger partial charge on any atom is 0.407 e. The Kier molecular flexibility index (Phi) is 6.02. The third-order valence-corrected chi connectivity index (χ3v) is 3.13. The Morgan fingerprint density at radius 1 is 1.33 bits per heavy atom. The summed E-state index contributed by atoms with van der Waals surface area (Å²) in [5.74, 6) is -0.541. The van der Waals surface area contributed by atoms with Crippen LogP contribution in [0, 0.1) is 5.92 Å². The van der Waals surface area contributed by atoms with E-state index in [9.17, 15) is 14.7 Å². The van der Waals surface area contributed by atoms with Crippen molar-refractivity contribution in [2.24, 2.45) is 5.92 Å². The van der Waals surface area contributed by atoms with Crippen LogP contribution in [-0.2, 0) is 16.0 Å². The molecule has 0 fully saturated rings. The molecule has 116 valence electrons. The van der Waals surface area contributed by atoms with Gasteiger partial charge in [0, 0.05) is 0 Å². The fraction of sp³-hybridized carbons (Fsp3) is 0.467. The Labute approximate surface area is 124 Å². The average molecular weight is 294 g/mol. The van der Waals surface area contributed by atoms with E-state index in [0.717, 1.165) is 12.0 Å². The van der Waals surface area contributed by atoms with Crippen LogP contribution in [0.25, 0.3) is 0 Å². The largest absolute Gasteiger partial charge is 0.506 e. The minimum absolute atomic E-state index is 0.0128. The van der Waals surface area contributed by atoms with E-state index in [-0.39, 0.29) is 11.7 Å². The standard InChI is InChI=1S/C15H22N2O4/c1-5-10-6-7-12(18)11(8-10)16-14(19)13(9(2)3)17-15(20)21-4/h6-9,13,18H,5H2,1-4H3,(H,16,19)(H,17,20)/t13-/m0/s1. The minimum Gasteiger partial charge on any atom is -0.506 e. The predicted molar refractivity (Wildman–Crippen MR) is 80.3 cm³/mol. The Morgan fingerprint density at radius 2 is 2.00 bits per heavy atom. The van der Waals surface area contributed by atoms with E-state index < -0.39 is 18.0 Å². The lowest BCUT2D eigenvalue weighted by atomic mass is 10.0. The molecule has 1 rings (SSSR count). The van der Waals surface area contributed by atoms with Gasteiger partial charge in [0.05, 0.1) is 12.8 Å². The van der Waals surface area contributed by atoms with Crippen LogP contribution in [0.1, 0.15) is 26.3 Å². The van der Waals surface area contributed by atoms with Crippen LogP contribution in [0.4, 0.5) is 10.5 Å². The molecule has 0 unspecified atom stereocenters. The van der Waals surface area contributed by atoms with Crippen LogP contribution < -0.4 is 10.6 Å². The summed E-state index contributed by atoms with van der Waals surface area (Å²) in [5.41, 5.74) is 1.32.